The van der Waals surface area contributed by atoms with Crippen LogP contribution in [0.1, 0.15) is 49.6 Å². The van der Waals surface area contributed by atoms with Crippen molar-refractivity contribution in [2.75, 3.05) is 45.3 Å². The number of para-hydroxylation sites is 1. The maximum absolute atomic E-state index is 12.3. The third-order valence-corrected chi connectivity index (χ3v) is 7.08. The topological polar surface area (TPSA) is 159 Å². The van der Waals surface area contributed by atoms with Gasteiger partial charge in [0.1, 0.15) is 11.3 Å². The monoisotopic (exact) mass is 589 g/mol. The molecule has 43 heavy (non-hydrogen) atoms. The third kappa shape index (κ3) is 9.21. The second-order valence-corrected chi connectivity index (χ2v) is 10.4. The number of nitrogen functional groups attached to an aromatic ring is 1. The zero-order chi connectivity index (χ0) is 30.4. The van der Waals surface area contributed by atoms with Crippen LogP contribution in [-0.2, 0) is 38.6 Å². The number of benzene rings is 2. The van der Waals surface area contributed by atoms with E-state index >= 15 is 0 Å². The van der Waals surface area contributed by atoms with Crippen LogP contribution < -0.4 is 22.1 Å². The molecule has 230 valence electrons. The summed E-state index contributed by atoms with van der Waals surface area (Å²) in [5.41, 5.74) is 16.5. The predicted octanol–water partition coefficient (Wildman–Crippen LogP) is 3.06. The van der Waals surface area contributed by atoms with Gasteiger partial charge in [-0.2, -0.15) is 0 Å². The summed E-state index contributed by atoms with van der Waals surface area (Å²) < 4.78 is 13.2. The molecule has 11 nitrogen and oxygen atoms in total. The number of unbranched alkanes of at least 4 members (excludes halogenated alkanes) is 1. The molecule has 0 aliphatic rings. The maximum atomic E-state index is 12.3. The fraction of sp³-hybridized carbons (Fsp3) is 0.438. The van der Waals surface area contributed by atoms with Gasteiger partial charge in [-0.3, -0.25) is 9.59 Å². The van der Waals surface area contributed by atoms with E-state index in [1.54, 1.807) is 0 Å². The van der Waals surface area contributed by atoms with Crippen molar-refractivity contribution in [3.05, 3.63) is 65.5 Å². The van der Waals surface area contributed by atoms with Crippen LogP contribution in [0, 0.1) is 0 Å². The first-order valence-corrected chi connectivity index (χ1v) is 15.0. The van der Waals surface area contributed by atoms with Crippen molar-refractivity contribution in [2.24, 2.45) is 5.73 Å². The van der Waals surface area contributed by atoms with Gasteiger partial charge < -0.3 is 36.1 Å². The van der Waals surface area contributed by atoms with E-state index in [2.05, 4.69) is 45.3 Å². The van der Waals surface area contributed by atoms with Crippen LogP contribution in [0.2, 0.25) is 0 Å². The standard InChI is InChI=1S/C32H43N7O4/c1-2-3-8-27-38-30-31(25-6-4-5-7-26(25)37-32(30)34)39(27)22-24-11-9-23(10-12-24)21-36-29(41)14-17-42-19-20-43-18-16-35-28(40)13-15-33/h4-7,9-12H,2-3,8,13-22,33H2,1H3,(H2,34,37)(H,35,40)(H,36,41). The molecule has 0 atom stereocenters. The molecule has 0 bridgehead atoms. The summed E-state index contributed by atoms with van der Waals surface area (Å²) in [6, 6.07) is 16.3. The number of anilines is 1. The molecule has 2 amide bonds. The minimum atomic E-state index is -0.0818. The van der Waals surface area contributed by atoms with Gasteiger partial charge in [0.25, 0.3) is 0 Å². The number of hydrogen-bond acceptors (Lipinski definition) is 8. The number of hydrogen-bond donors (Lipinski definition) is 4. The fourth-order valence-corrected chi connectivity index (χ4v) is 4.80. The van der Waals surface area contributed by atoms with Crippen molar-refractivity contribution in [3.63, 3.8) is 0 Å². The quantitative estimate of drug-likeness (QED) is 0.129. The summed E-state index contributed by atoms with van der Waals surface area (Å²) in [4.78, 5) is 33.1. The van der Waals surface area contributed by atoms with Crippen LogP contribution in [0.5, 0.6) is 0 Å². The van der Waals surface area contributed by atoms with E-state index < -0.39 is 0 Å². The largest absolute Gasteiger partial charge is 0.382 e. The molecule has 4 rings (SSSR count). The number of aromatic nitrogens is 3. The molecule has 2 heterocycles. The maximum Gasteiger partial charge on any atom is 0.222 e. The minimum Gasteiger partial charge on any atom is -0.382 e. The molecule has 0 saturated heterocycles. The minimum absolute atomic E-state index is 0.0730. The Morgan fingerprint density at radius 3 is 2.37 bits per heavy atom. The number of nitrogens with one attached hydrogen (secondary N) is 2. The first-order valence-electron chi connectivity index (χ1n) is 15.0. The molecule has 0 radical (unpaired) electrons. The lowest BCUT2D eigenvalue weighted by atomic mass is 10.1. The van der Waals surface area contributed by atoms with Crippen LogP contribution in [0.4, 0.5) is 5.82 Å². The van der Waals surface area contributed by atoms with E-state index in [4.69, 9.17) is 25.9 Å². The summed E-state index contributed by atoms with van der Waals surface area (Å²) in [5.74, 6) is 1.31. The molecule has 2 aromatic heterocycles. The van der Waals surface area contributed by atoms with E-state index in [0.717, 1.165) is 58.2 Å². The summed E-state index contributed by atoms with van der Waals surface area (Å²) in [6.45, 7) is 5.56. The molecular weight excluding hydrogens is 546 g/mol. The molecule has 0 unspecified atom stereocenters. The molecule has 4 aromatic rings. The van der Waals surface area contributed by atoms with Gasteiger partial charge in [0.2, 0.25) is 11.8 Å². The number of imidazole rings is 1. The summed E-state index contributed by atoms with van der Waals surface area (Å²) in [5, 5.41) is 6.71. The molecule has 0 fully saturated rings. The van der Waals surface area contributed by atoms with Gasteiger partial charge in [-0.1, -0.05) is 55.8 Å². The zero-order valence-electron chi connectivity index (χ0n) is 24.9. The van der Waals surface area contributed by atoms with Gasteiger partial charge in [0, 0.05) is 50.8 Å². The number of amides is 2. The average molecular weight is 590 g/mol. The van der Waals surface area contributed by atoms with E-state index in [0.29, 0.717) is 64.8 Å². The molecule has 0 saturated carbocycles. The smallest absolute Gasteiger partial charge is 0.222 e. The highest BCUT2D eigenvalue weighted by Gasteiger charge is 2.17. The van der Waals surface area contributed by atoms with Crippen molar-refractivity contribution >= 4 is 39.6 Å². The number of carbonyl (C=O) groups excluding carboxylic acids is 2. The van der Waals surface area contributed by atoms with Gasteiger partial charge in [0.15, 0.2) is 5.82 Å². The number of carbonyl (C=O) groups is 2. The lowest BCUT2D eigenvalue weighted by molar-refractivity contribution is -0.122. The molecular formula is C32H43N7O4. The second kappa shape index (κ2) is 16.5. The lowest BCUT2D eigenvalue weighted by Crippen LogP contribution is -2.29. The van der Waals surface area contributed by atoms with Crippen LogP contribution >= 0.6 is 0 Å². The molecule has 0 aliphatic carbocycles. The molecule has 0 aliphatic heterocycles. The van der Waals surface area contributed by atoms with Crippen LogP contribution in [0.3, 0.4) is 0 Å². The van der Waals surface area contributed by atoms with Crippen LogP contribution in [0.15, 0.2) is 48.5 Å². The van der Waals surface area contributed by atoms with Gasteiger partial charge in [-0.25, -0.2) is 9.97 Å². The molecule has 0 spiro atoms. The molecule has 6 N–H and O–H groups in total. The number of nitrogens with zero attached hydrogens (tertiary/aromatic N) is 3. The van der Waals surface area contributed by atoms with Crippen molar-refractivity contribution < 1.29 is 19.1 Å². The Balaban J connectivity index is 1.24. The summed E-state index contributed by atoms with van der Waals surface area (Å²) in [6.07, 6.45) is 3.58. The normalized spacial score (nSPS) is 11.3. The lowest BCUT2D eigenvalue weighted by Gasteiger charge is -2.12. The van der Waals surface area contributed by atoms with Crippen molar-refractivity contribution in [1.82, 2.24) is 25.2 Å². The Morgan fingerprint density at radius 2 is 1.60 bits per heavy atom. The number of aryl methyl sites for hydroxylation is 1. The number of nitrogens with two attached hydrogens (primary N) is 2. The predicted molar refractivity (Wildman–Crippen MR) is 168 cm³/mol. The Bertz CT molecular complexity index is 1490. The third-order valence-electron chi connectivity index (χ3n) is 7.08. The second-order valence-electron chi connectivity index (χ2n) is 10.4. The first kappa shape index (κ1) is 31.9. The fourth-order valence-electron chi connectivity index (χ4n) is 4.80. The Morgan fingerprint density at radius 1 is 0.884 bits per heavy atom. The van der Waals surface area contributed by atoms with Crippen LogP contribution in [-0.4, -0.2) is 65.9 Å². The number of fused-ring (bicyclic) bond motifs is 3. The van der Waals surface area contributed by atoms with Gasteiger partial charge in [-0.05, 0) is 23.6 Å². The Kier molecular flexibility index (Phi) is 12.3. The summed E-state index contributed by atoms with van der Waals surface area (Å²) >= 11 is 0. The molecule has 2 aromatic carbocycles. The Labute approximate surface area is 252 Å². The van der Waals surface area contributed by atoms with E-state index in [1.165, 1.54) is 0 Å². The van der Waals surface area contributed by atoms with Crippen molar-refractivity contribution in [3.8, 4) is 0 Å². The number of rotatable bonds is 18. The number of ether oxygens (including phenoxy) is 2. The number of pyridine rings is 1. The van der Waals surface area contributed by atoms with Crippen molar-refractivity contribution in [2.45, 2.75) is 52.1 Å². The van der Waals surface area contributed by atoms with E-state index in [-0.39, 0.29) is 18.2 Å². The Hall–Kier alpha value is -4.06. The van der Waals surface area contributed by atoms with Gasteiger partial charge >= 0.3 is 0 Å². The van der Waals surface area contributed by atoms with Gasteiger partial charge in [0.05, 0.1) is 37.5 Å². The summed E-state index contributed by atoms with van der Waals surface area (Å²) in [7, 11) is 0. The van der Waals surface area contributed by atoms with Gasteiger partial charge in [-0.15, -0.1) is 0 Å². The van der Waals surface area contributed by atoms with Crippen molar-refractivity contribution in [1.29, 1.82) is 0 Å². The highest BCUT2D eigenvalue weighted by atomic mass is 16.5. The van der Waals surface area contributed by atoms with E-state index in [1.807, 2.05) is 30.3 Å². The molecule has 11 heteroatoms. The SMILES string of the molecule is CCCCc1nc2c(N)nc3ccccc3c2n1Cc1ccc(CNC(=O)CCOCCOCCNC(=O)CCN)cc1. The first-order chi connectivity index (χ1) is 21.0. The zero-order valence-corrected chi connectivity index (χ0v) is 24.9. The van der Waals surface area contributed by atoms with E-state index in [9.17, 15) is 9.59 Å². The highest BCUT2D eigenvalue weighted by molar-refractivity contribution is 6.06. The highest BCUT2D eigenvalue weighted by Crippen LogP contribution is 2.30. The van der Waals surface area contributed by atoms with Crippen LogP contribution in [0.25, 0.3) is 21.9 Å². The average Bonchev–Trinajstić information content (AvgIpc) is 3.37.